The molecule has 172 valence electrons. The highest BCUT2D eigenvalue weighted by molar-refractivity contribution is 7.99. The zero-order chi connectivity index (χ0) is 23.5. The number of amides is 2. The molecule has 4 aromatic rings. The van der Waals surface area contributed by atoms with Crippen molar-refractivity contribution in [1.29, 1.82) is 0 Å². The Morgan fingerprint density at radius 1 is 0.941 bits per heavy atom. The van der Waals surface area contributed by atoms with Crippen LogP contribution in [0.15, 0.2) is 94.7 Å². The molecule has 6 nitrogen and oxygen atoms in total. The summed E-state index contributed by atoms with van der Waals surface area (Å²) in [5.41, 5.74) is 3.53. The lowest BCUT2D eigenvalue weighted by Crippen LogP contribution is -2.44. The van der Waals surface area contributed by atoms with Crippen molar-refractivity contribution < 1.29 is 9.53 Å². The molecule has 1 aromatic heterocycles. The van der Waals surface area contributed by atoms with Gasteiger partial charge in [0.05, 0.1) is 30.0 Å². The van der Waals surface area contributed by atoms with Gasteiger partial charge in [0.2, 0.25) is 0 Å². The van der Waals surface area contributed by atoms with Crippen molar-refractivity contribution in [2.24, 2.45) is 0 Å². The van der Waals surface area contributed by atoms with Crippen molar-refractivity contribution in [3.63, 3.8) is 0 Å². The molecule has 0 bridgehead atoms. The third-order valence-corrected chi connectivity index (χ3v) is 6.80. The standard InChI is InChI=1S/C27H26N4O2S/c1-19-8-12-21(13-9-19)31-25(16-24(30-31)27(2)17-33-18-27)29-26(32)28-20-10-14-23(15-11-20)34-22-6-4-3-5-7-22/h3-16H,17-18H2,1-2H3,(H2,28,29,32). The number of aromatic nitrogens is 2. The van der Waals surface area contributed by atoms with E-state index in [2.05, 4.69) is 29.7 Å². The van der Waals surface area contributed by atoms with Crippen molar-refractivity contribution >= 4 is 29.3 Å². The molecule has 1 aliphatic heterocycles. The summed E-state index contributed by atoms with van der Waals surface area (Å²) in [7, 11) is 0. The number of carbonyl (C=O) groups excluding carboxylic acids is 1. The van der Waals surface area contributed by atoms with E-state index in [0.717, 1.165) is 27.5 Å². The fourth-order valence-corrected chi connectivity index (χ4v) is 4.55. The van der Waals surface area contributed by atoms with Crippen LogP contribution in [0.25, 0.3) is 5.69 Å². The molecule has 2 heterocycles. The highest BCUT2D eigenvalue weighted by atomic mass is 32.2. The number of hydrogen-bond donors (Lipinski definition) is 2. The van der Waals surface area contributed by atoms with Crippen molar-refractivity contribution in [2.45, 2.75) is 29.1 Å². The summed E-state index contributed by atoms with van der Waals surface area (Å²) in [5.74, 6) is 0.612. The van der Waals surface area contributed by atoms with E-state index in [-0.39, 0.29) is 11.4 Å². The van der Waals surface area contributed by atoms with Crippen LogP contribution in [0.1, 0.15) is 18.2 Å². The van der Waals surface area contributed by atoms with Gasteiger partial charge in [-0.15, -0.1) is 0 Å². The molecule has 5 rings (SSSR count). The van der Waals surface area contributed by atoms with Gasteiger partial charge in [-0.2, -0.15) is 5.10 Å². The summed E-state index contributed by atoms with van der Waals surface area (Å²) >= 11 is 1.68. The number of anilines is 2. The van der Waals surface area contributed by atoms with Crippen LogP contribution in [0, 0.1) is 6.92 Å². The first-order valence-electron chi connectivity index (χ1n) is 11.1. The van der Waals surface area contributed by atoms with Gasteiger partial charge in [-0.1, -0.05) is 47.7 Å². The van der Waals surface area contributed by atoms with E-state index in [1.165, 1.54) is 4.90 Å². The van der Waals surface area contributed by atoms with Crippen LogP contribution in [0.4, 0.5) is 16.3 Å². The average Bonchev–Trinajstić information content (AvgIpc) is 3.24. The normalized spacial score (nSPS) is 14.3. The highest BCUT2D eigenvalue weighted by Crippen LogP contribution is 2.33. The molecule has 1 saturated heterocycles. The molecule has 3 aromatic carbocycles. The Morgan fingerprint density at radius 2 is 1.62 bits per heavy atom. The number of carbonyl (C=O) groups is 1. The fourth-order valence-electron chi connectivity index (χ4n) is 3.71. The maximum absolute atomic E-state index is 12.8. The zero-order valence-electron chi connectivity index (χ0n) is 19.1. The first-order chi connectivity index (χ1) is 16.5. The Kier molecular flexibility index (Phi) is 6.13. The predicted molar refractivity (Wildman–Crippen MR) is 136 cm³/mol. The Balaban J connectivity index is 1.31. The summed E-state index contributed by atoms with van der Waals surface area (Å²) in [4.78, 5) is 15.1. The summed E-state index contributed by atoms with van der Waals surface area (Å²) in [5, 5.41) is 10.7. The summed E-state index contributed by atoms with van der Waals surface area (Å²) in [6.45, 7) is 5.41. The topological polar surface area (TPSA) is 68.2 Å². The van der Waals surface area contributed by atoms with Gasteiger partial charge in [-0.05, 0) is 62.4 Å². The van der Waals surface area contributed by atoms with Crippen LogP contribution >= 0.6 is 11.8 Å². The molecule has 2 N–H and O–H groups in total. The van der Waals surface area contributed by atoms with Gasteiger partial charge < -0.3 is 10.1 Å². The lowest BCUT2D eigenvalue weighted by atomic mass is 9.85. The lowest BCUT2D eigenvalue weighted by Gasteiger charge is -2.36. The SMILES string of the molecule is Cc1ccc(-n2nc(C3(C)COC3)cc2NC(=O)Nc2ccc(Sc3ccccc3)cc2)cc1. The predicted octanol–water partition coefficient (Wildman–Crippen LogP) is 6.26. The molecule has 0 spiro atoms. The van der Waals surface area contributed by atoms with E-state index in [4.69, 9.17) is 9.84 Å². The fraction of sp³-hybridized carbons (Fsp3) is 0.185. The Hall–Kier alpha value is -3.55. The molecule has 1 fully saturated rings. The molecule has 0 aliphatic carbocycles. The van der Waals surface area contributed by atoms with Crippen LogP contribution < -0.4 is 10.6 Å². The van der Waals surface area contributed by atoms with Gasteiger partial charge >= 0.3 is 6.03 Å². The van der Waals surface area contributed by atoms with E-state index in [1.54, 1.807) is 16.4 Å². The number of benzene rings is 3. The number of urea groups is 1. The Morgan fingerprint density at radius 3 is 2.26 bits per heavy atom. The Labute approximate surface area is 203 Å². The number of hydrogen-bond acceptors (Lipinski definition) is 4. The quantitative estimate of drug-likeness (QED) is 0.349. The molecule has 0 radical (unpaired) electrons. The molecular formula is C27H26N4O2S. The van der Waals surface area contributed by atoms with Crippen molar-refractivity contribution in [3.8, 4) is 5.69 Å². The number of aryl methyl sites for hydroxylation is 1. The van der Waals surface area contributed by atoms with Crippen LogP contribution in [-0.4, -0.2) is 29.0 Å². The molecule has 0 atom stereocenters. The maximum Gasteiger partial charge on any atom is 0.324 e. The van der Waals surface area contributed by atoms with E-state index in [1.807, 2.05) is 79.7 Å². The van der Waals surface area contributed by atoms with Crippen molar-refractivity contribution in [1.82, 2.24) is 9.78 Å². The molecule has 2 amide bonds. The van der Waals surface area contributed by atoms with E-state index in [9.17, 15) is 4.79 Å². The van der Waals surface area contributed by atoms with Crippen LogP contribution in [-0.2, 0) is 10.2 Å². The molecule has 7 heteroatoms. The molecule has 0 saturated carbocycles. The smallest absolute Gasteiger partial charge is 0.324 e. The number of rotatable bonds is 6. The highest BCUT2D eigenvalue weighted by Gasteiger charge is 2.38. The first-order valence-corrected chi connectivity index (χ1v) is 12.0. The summed E-state index contributed by atoms with van der Waals surface area (Å²) in [6, 6.07) is 27.7. The van der Waals surface area contributed by atoms with Crippen LogP contribution in [0.3, 0.4) is 0 Å². The minimum absolute atomic E-state index is 0.144. The zero-order valence-corrected chi connectivity index (χ0v) is 19.9. The van der Waals surface area contributed by atoms with Crippen LogP contribution in [0.2, 0.25) is 0 Å². The summed E-state index contributed by atoms with van der Waals surface area (Å²) in [6.07, 6.45) is 0. The molecule has 0 unspecified atom stereocenters. The van der Waals surface area contributed by atoms with E-state index < -0.39 is 0 Å². The molecular weight excluding hydrogens is 444 g/mol. The van der Waals surface area contributed by atoms with Gasteiger partial charge in [-0.25, -0.2) is 9.48 Å². The minimum Gasteiger partial charge on any atom is -0.379 e. The number of ether oxygens (including phenoxy) is 1. The minimum atomic E-state index is -0.321. The van der Waals surface area contributed by atoms with Gasteiger partial charge in [-0.3, -0.25) is 5.32 Å². The third-order valence-electron chi connectivity index (χ3n) is 5.78. The average molecular weight is 471 g/mol. The summed E-state index contributed by atoms with van der Waals surface area (Å²) < 4.78 is 7.19. The second kappa shape index (κ2) is 9.37. The van der Waals surface area contributed by atoms with Gasteiger partial charge in [0.25, 0.3) is 0 Å². The second-order valence-corrected chi connectivity index (χ2v) is 9.88. The van der Waals surface area contributed by atoms with Gasteiger partial charge in [0.1, 0.15) is 5.82 Å². The number of nitrogens with one attached hydrogen (secondary N) is 2. The molecule has 1 aliphatic rings. The Bertz CT molecular complexity index is 1280. The maximum atomic E-state index is 12.8. The van der Waals surface area contributed by atoms with Crippen LogP contribution in [0.5, 0.6) is 0 Å². The third kappa shape index (κ3) is 4.85. The monoisotopic (exact) mass is 470 g/mol. The van der Waals surface area contributed by atoms with Gasteiger partial charge in [0.15, 0.2) is 0 Å². The van der Waals surface area contributed by atoms with E-state index in [0.29, 0.717) is 19.0 Å². The number of nitrogens with zero attached hydrogens (tertiary/aromatic N) is 2. The first kappa shape index (κ1) is 22.3. The molecule has 34 heavy (non-hydrogen) atoms. The van der Waals surface area contributed by atoms with Gasteiger partial charge in [0, 0.05) is 21.5 Å². The van der Waals surface area contributed by atoms with Crippen molar-refractivity contribution in [2.75, 3.05) is 23.8 Å². The second-order valence-electron chi connectivity index (χ2n) is 8.73. The van der Waals surface area contributed by atoms with E-state index >= 15 is 0 Å². The largest absolute Gasteiger partial charge is 0.379 e. The van der Waals surface area contributed by atoms with Crippen molar-refractivity contribution in [3.05, 3.63) is 96.2 Å². The lowest BCUT2D eigenvalue weighted by molar-refractivity contribution is -0.0522.